The SMILES string of the molecule is COCCC(C)NCc1nnc(C)s1. The number of hydrogen-bond donors (Lipinski definition) is 1. The van der Waals surface area contributed by atoms with Crippen molar-refractivity contribution in [3.05, 3.63) is 10.0 Å². The fourth-order valence-corrected chi connectivity index (χ4v) is 1.73. The van der Waals surface area contributed by atoms with Crippen LogP contribution in [0.15, 0.2) is 0 Å². The number of methoxy groups -OCH3 is 1. The van der Waals surface area contributed by atoms with Crippen molar-refractivity contribution in [2.24, 2.45) is 0 Å². The van der Waals surface area contributed by atoms with Crippen molar-refractivity contribution in [2.45, 2.75) is 32.9 Å². The number of aryl methyl sites for hydroxylation is 1. The molecule has 1 N–H and O–H groups in total. The second kappa shape index (κ2) is 6.06. The molecule has 0 saturated carbocycles. The molecule has 5 heteroatoms. The Labute approximate surface area is 88.7 Å². The first-order valence-electron chi connectivity index (χ1n) is 4.73. The van der Waals surface area contributed by atoms with Gasteiger partial charge in [0.25, 0.3) is 0 Å². The van der Waals surface area contributed by atoms with E-state index in [1.54, 1.807) is 18.4 Å². The quantitative estimate of drug-likeness (QED) is 0.778. The van der Waals surface area contributed by atoms with E-state index in [4.69, 9.17) is 4.74 Å². The van der Waals surface area contributed by atoms with Crippen molar-refractivity contribution in [1.29, 1.82) is 0 Å². The summed E-state index contributed by atoms with van der Waals surface area (Å²) in [5, 5.41) is 13.4. The zero-order valence-corrected chi connectivity index (χ0v) is 9.73. The lowest BCUT2D eigenvalue weighted by molar-refractivity contribution is 0.184. The predicted octanol–water partition coefficient (Wildman–Crippen LogP) is 1.36. The highest BCUT2D eigenvalue weighted by molar-refractivity contribution is 7.11. The van der Waals surface area contributed by atoms with Crippen LogP contribution in [0.3, 0.4) is 0 Å². The molecule has 1 aromatic rings. The summed E-state index contributed by atoms with van der Waals surface area (Å²) in [6.07, 6.45) is 1.02. The largest absolute Gasteiger partial charge is 0.385 e. The Morgan fingerprint density at radius 2 is 2.29 bits per heavy atom. The third-order valence-electron chi connectivity index (χ3n) is 1.92. The summed E-state index contributed by atoms with van der Waals surface area (Å²) in [7, 11) is 1.72. The Bertz CT molecular complexity index is 264. The predicted molar refractivity (Wildman–Crippen MR) is 57.4 cm³/mol. The maximum Gasteiger partial charge on any atom is 0.131 e. The molecule has 0 amide bonds. The minimum atomic E-state index is 0.458. The smallest absolute Gasteiger partial charge is 0.131 e. The van der Waals surface area contributed by atoms with E-state index in [1.165, 1.54) is 0 Å². The number of nitrogens with one attached hydrogen (secondary N) is 1. The van der Waals surface area contributed by atoms with E-state index in [0.29, 0.717) is 6.04 Å². The van der Waals surface area contributed by atoms with Gasteiger partial charge < -0.3 is 10.1 Å². The second-order valence-corrected chi connectivity index (χ2v) is 4.54. The van der Waals surface area contributed by atoms with Crippen LogP contribution in [0, 0.1) is 6.92 Å². The lowest BCUT2D eigenvalue weighted by Crippen LogP contribution is -2.26. The van der Waals surface area contributed by atoms with Crippen molar-refractivity contribution in [3.63, 3.8) is 0 Å². The van der Waals surface area contributed by atoms with E-state index >= 15 is 0 Å². The molecule has 0 aliphatic heterocycles. The molecule has 1 heterocycles. The monoisotopic (exact) mass is 215 g/mol. The average Bonchev–Trinajstić information content (AvgIpc) is 2.58. The highest BCUT2D eigenvalue weighted by Crippen LogP contribution is 2.07. The summed E-state index contributed by atoms with van der Waals surface area (Å²) in [5.74, 6) is 0. The minimum Gasteiger partial charge on any atom is -0.385 e. The maximum atomic E-state index is 5.00. The Morgan fingerprint density at radius 1 is 1.50 bits per heavy atom. The molecule has 0 radical (unpaired) electrons. The highest BCUT2D eigenvalue weighted by Gasteiger charge is 2.03. The Hall–Kier alpha value is -0.520. The first-order chi connectivity index (χ1) is 6.72. The molecule has 80 valence electrons. The summed E-state index contributed by atoms with van der Waals surface area (Å²) >= 11 is 1.64. The molecular formula is C9H17N3OS. The van der Waals surface area contributed by atoms with Crippen LogP contribution in [0.1, 0.15) is 23.4 Å². The molecule has 0 saturated heterocycles. The molecule has 14 heavy (non-hydrogen) atoms. The van der Waals surface area contributed by atoms with Gasteiger partial charge in [-0.05, 0) is 20.3 Å². The first kappa shape index (κ1) is 11.6. The lowest BCUT2D eigenvalue weighted by atomic mass is 10.2. The fourth-order valence-electron chi connectivity index (χ4n) is 1.07. The van der Waals surface area contributed by atoms with Gasteiger partial charge in [0.15, 0.2) is 0 Å². The summed E-state index contributed by atoms with van der Waals surface area (Å²) in [4.78, 5) is 0. The van der Waals surface area contributed by atoms with Crippen LogP contribution in [0.2, 0.25) is 0 Å². The molecule has 4 nitrogen and oxygen atoms in total. The van der Waals surface area contributed by atoms with E-state index < -0.39 is 0 Å². The maximum absolute atomic E-state index is 5.00. The van der Waals surface area contributed by atoms with Gasteiger partial charge in [-0.15, -0.1) is 21.5 Å². The van der Waals surface area contributed by atoms with E-state index in [9.17, 15) is 0 Å². The van der Waals surface area contributed by atoms with Gasteiger partial charge >= 0.3 is 0 Å². The van der Waals surface area contributed by atoms with Gasteiger partial charge in [-0.2, -0.15) is 0 Å². The third-order valence-corrected chi connectivity index (χ3v) is 2.76. The number of rotatable bonds is 6. The first-order valence-corrected chi connectivity index (χ1v) is 5.55. The van der Waals surface area contributed by atoms with Gasteiger partial charge in [-0.3, -0.25) is 0 Å². The lowest BCUT2D eigenvalue weighted by Gasteiger charge is -2.11. The Balaban J connectivity index is 2.20. The number of ether oxygens (including phenoxy) is 1. The average molecular weight is 215 g/mol. The van der Waals surface area contributed by atoms with Gasteiger partial charge in [-0.1, -0.05) is 0 Å². The second-order valence-electron chi connectivity index (χ2n) is 3.28. The normalized spacial score (nSPS) is 13.1. The summed E-state index contributed by atoms with van der Waals surface area (Å²) < 4.78 is 5.00. The summed E-state index contributed by atoms with van der Waals surface area (Å²) in [6, 6.07) is 0.458. The molecule has 0 aliphatic carbocycles. The molecule has 0 aliphatic rings. The van der Waals surface area contributed by atoms with Crippen LogP contribution in [0.4, 0.5) is 0 Å². The van der Waals surface area contributed by atoms with Crippen molar-refractivity contribution in [3.8, 4) is 0 Å². The van der Waals surface area contributed by atoms with Crippen LogP contribution in [-0.2, 0) is 11.3 Å². The van der Waals surface area contributed by atoms with Crippen LogP contribution >= 0.6 is 11.3 Å². The molecule has 0 spiro atoms. The van der Waals surface area contributed by atoms with Crippen molar-refractivity contribution in [2.75, 3.05) is 13.7 Å². The number of nitrogens with zero attached hydrogens (tertiary/aromatic N) is 2. The molecule has 0 aromatic carbocycles. The molecule has 1 unspecified atom stereocenters. The van der Waals surface area contributed by atoms with Gasteiger partial charge in [-0.25, -0.2) is 0 Å². The van der Waals surface area contributed by atoms with Crippen LogP contribution < -0.4 is 5.32 Å². The van der Waals surface area contributed by atoms with E-state index in [1.807, 2.05) is 6.92 Å². The van der Waals surface area contributed by atoms with Crippen LogP contribution in [0.25, 0.3) is 0 Å². The molecule has 1 rings (SSSR count). The highest BCUT2D eigenvalue weighted by atomic mass is 32.1. The van der Waals surface area contributed by atoms with Crippen LogP contribution in [0.5, 0.6) is 0 Å². The Kier molecular flexibility index (Phi) is 5.00. The van der Waals surface area contributed by atoms with Crippen molar-refractivity contribution >= 4 is 11.3 Å². The van der Waals surface area contributed by atoms with E-state index in [2.05, 4.69) is 22.4 Å². The van der Waals surface area contributed by atoms with Gasteiger partial charge in [0, 0.05) is 26.3 Å². The van der Waals surface area contributed by atoms with Crippen molar-refractivity contribution < 1.29 is 4.74 Å². The summed E-state index contributed by atoms with van der Waals surface area (Å²) in [5.41, 5.74) is 0. The standard InChI is InChI=1S/C9H17N3OS/c1-7(4-5-13-3)10-6-9-12-11-8(2)14-9/h7,10H,4-6H2,1-3H3. The minimum absolute atomic E-state index is 0.458. The molecular weight excluding hydrogens is 198 g/mol. The number of aromatic nitrogens is 2. The topological polar surface area (TPSA) is 47.0 Å². The zero-order valence-electron chi connectivity index (χ0n) is 8.91. The van der Waals surface area contributed by atoms with Crippen molar-refractivity contribution in [1.82, 2.24) is 15.5 Å². The van der Waals surface area contributed by atoms with E-state index in [0.717, 1.165) is 29.6 Å². The third kappa shape index (κ3) is 4.13. The summed E-state index contributed by atoms with van der Waals surface area (Å²) in [6.45, 7) is 5.71. The fraction of sp³-hybridized carbons (Fsp3) is 0.778. The van der Waals surface area contributed by atoms with E-state index in [-0.39, 0.29) is 0 Å². The molecule has 1 atom stereocenters. The molecule has 0 fully saturated rings. The van der Waals surface area contributed by atoms with Gasteiger partial charge in [0.1, 0.15) is 10.0 Å². The van der Waals surface area contributed by atoms with Gasteiger partial charge in [0.05, 0.1) is 0 Å². The number of hydrogen-bond acceptors (Lipinski definition) is 5. The van der Waals surface area contributed by atoms with Crippen LogP contribution in [-0.4, -0.2) is 30.0 Å². The van der Waals surface area contributed by atoms with Gasteiger partial charge in [0.2, 0.25) is 0 Å². The Morgan fingerprint density at radius 3 is 2.86 bits per heavy atom. The molecule has 1 aromatic heterocycles. The zero-order chi connectivity index (χ0) is 10.4. The molecule has 0 bridgehead atoms.